The van der Waals surface area contributed by atoms with Crippen LogP contribution in [0.25, 0.3) is 21.5 Å². The van der Waals surface area contributed by atoms with Crippen molar-refractivity contribution in [3.8, 4) is 0 Å². The summed E-state index contributed by atoms with van der Waals surface area (Å²) < 4.78 is 16.5. The smallest absolute Gasteiger partial charge is 0.407 e. The molecule has 0 saturated carbocycles. The fourth-order valence-corrected chi connectivity index (χ4v) is 9.11. The lowest BCUT2D eigenvalue weighted by atomic mass is 9.96. The first-order chi connectivity index (χ1) is 32.5. The number of carboxylic acid groups (broad SMARTS) is 1. The summed E-state index contributed by atoms with van der Waals surface area (Å²) in [5.41, 5.74) is -1.24. The number of carbonyl (C=O) groups is 8. The van der Waals surface area contributed by atoms with E-state index < -0.39 is 53.9 Å². The molecule has 2 aliphatic heterocycles. The number of nitrogens with zero attached hydrogens (tertiary/aromatic N) is 2. The number of benzene rings is 4. The first-order valence-electron chi connectivity index (χ1n) is 22.2. The highest BCUT2D eigenvalue weighted by molar-refractivity contribution is 9.10. The third kappa shape index (κ3) is 14.1. The zero-order valence-corrected chi connectivity index (χ0v) is 44.6. The highest BCUT2D eigenvalue weighted by atomic mass is 79.9. The van der Waals surface area contributed by atoms with Gasteiger partial charge in [0, 0.05) is 33.2 Å². The molecule has 372 valence electrons. The molecule has 0 unspecified atom stereocenters. The van der Waals surface area contributed by atoms with Gasteiger partial charge in [-0.25, -0.2) is 19.2 Å². The molecule has 4 aromatic carbocycles. The topological polar surface area (TPSA) is 215 Å². The standard InChI is InChI=1S/C25H29BrN2O6.C13H22N2O5.C12H8Br2O/c1-15(2)21(27-24(32)33-4)22(30)28-11-5-10-25(28,3)23(31)34-14-20(29)18-7-6-17-13-19(26)9-8-16(17)12-18;1-8(2)9(14-12(19)20-4)10(16)15-7-5-6-13(15,3)11(17)18;13-7-12(15)10-2-1-9-6-11(14)4-3-8(9)5-10/h6-9,12-13,15,21H,5,10-11,14H2,1-4H3,(H,27,32);8-9H,5-7H2,1-4H3,(H,14,19)(H,17,18);1-6H,7H2/t21-,25-;9-,13-;/m00./s1. The number of hydrogen-bond acceptors (Lipinski definition) is 11. The largest absolute Gasteiger partial charge is 0.480 e. The predicted octanol–water partition coefficient (Wildman–Crippen LogP) is 9.10. The van der Waals surface area contributed by atoms with Crippen LogP contribution >= 0.6 is 47.8 Å². The van der Waals surface area contributed by atoms with Crippen molar-refractivity contribution in [2.75, 3.05) is 39.2 Å². The Morgan fingerprint density at radius 2 is 1.01 bits per heavy atom. The van der Waals surface area contributed by atoms with Gasteiger partial charge < -0.3 is 39.8 Å². The van der Waals surface area contributed by atoms with Crippen molar-refractivity contribution in [3.63, 3.8) is 0 Å². The van der Waals surface area contributed by atoms with E-state index in [-0.39, 0.29) is 35.2 Å². The first kappa shape index (κ1) is 56.2. The van der Waals surface area contributed by atoms with Crippen molar-refractivity contribution < 1.29 is 57.7 Å². The van der Waals surface area contributed by atoms with Gasteiger partial charge in [0.25, 0.3) is 0 Å². The van der Waals surface area contributed by atoms with E-state index in [1.54, 1.807) is 46.8 Å². The number of alkyl carbamates (subject to hydrolysis) is 2. The van der Waals surface area contributed by atoms with Gasteiger partial charge in [-0.2, -0.15) is 0 Å². The molecule has 0 bridgehead atoms. The van der Waals surface area contributed by atoms with Crippen molar-refractivity contribution in [1.82, 2.24) is 20.4 Å². The third-order valence-corrected chi connectivity index (χ3v) is 13.7. The van der Waals surface area contributed by atoms with Crippen LogP contribution in [0.3, 0.4) is 0 Å². The molecule has 0 aliphatic carbocycles. The number of halogens is 3. The van der Waals surface area contributed by atoms with Crippen molar-refractivity contribution in [1.29, 1.82) is 0 Å². The number of hydrogen-bond donors (Lipinski definition) is 3. The maximum atomic E-state index is 13.2. The van der Waals surface area contributed by atoms with Gasteiger partial charge in [0.1, 0.15) is 23.2 Å². The van der Waals surface area contributed by atoms with Crippen LogP contribution in [0.2, 0.25) is 0 Å². The van der Waals surface area contributed by atoms with E-state index in [9.17, 15) is 43.5 Å². The Morgan fingerprint density at radius 3 is 1.42 bits per heavy atom. The third-order valence-electron chi connectivity index (χ3n) is 12.2. The number of carbonyl (C=O) groups excluding carboxylic acids is 7. The van der Waals surface area contributed by atoms with E-state index in [0.717, 1.165) is 36.1 Å². The minimum atomic E-state index is -1.22. The van der Waals surface area contributed by atoms with E-state index >= 15 is 0 Å². The molecular formula is C50H59Br3N4O12. The van der Waals surface area contributed by atoms with Crippen LogP contribution in [0.4, 0.5) is 9.59 Å². The molecule has 19 heteroatoms. The summed E-state index contributed by atoms with van der Waals surface area (Å²) in [6.07, 6.45) is 0.639. The second-order valence-corrected chi connectivity index (χ2v) is 20.1. The molecule has 69 heavy (non-hydrogen) atoms. The number of carboxylic acids is 1. The lowest BCUT2D eigenvalue weighted by Crippen LogP contribution is -2.58. The second kappa shape index (κ2) is 24.9. The Bertz CT molecular complexity index is 2570. The molecule has 2 aliphatic rings. The zero-order valence-electron chi connectivity index (χ0n) is 39.9. The number of Topliss-reactive ketones (excluding diaryl/α,β-unsaturated/α-hetero) is 2. The Kier molecular flexibility index (Phi) is 20.3. The number of likely N-dealkylation sites (tertiary alicyclic amines) is 2. The molecule has 0 radical (unpaired) electrons. The van der Waals surface area contributed by atoms with Gasteiger partial charge in [-0.1, -0.05) is 112 Å². The van der Waals surface area contributed by atoms with Crippen molar-refractivity contribution >= 4 is 117 Å². The highest BCUT2D eigenvalue weighted by Gasteiger charge is 2.50. The van der Waals surface area contributed by atoms with Crippen LogP contribution in [0.15, 0.2) is 81.7 Å². The Hall–Kier alpha value is -5.40. The molecule has 16 nitrogen and oxygen atoms in total. The fourth-order valence-electron chi connectivity index (χ4n) is 8.03. The van der Waals surface area contributed by atoms with Crippen LogP contribution in [0, 0.1) is 11.8 Å². The van der Waals surface area contributed by atoms with E-state index in [1.165, 1.54) is 30.9 Å². The molecule has 4 atom stereocenters. The maximum Gasteiger partial charge on any atom is 0.407 e. The van der Waals surface area contributed by atoms with Gasteiger partial charge in [-0.3, -0.25) is 19.2 Å². The zero-order chi connectivity index (χ0) is 51.4. The summed E-state index contributed by atoms with van der Waals surface area (Å²) in [7, 11) is 2.44. The van der Waals surface area contributed by atoms with E-state index in [4.69, 9.17) is 4.74 Å². The van der Waals surface area contributed by atoms with Crippen LogP contribution in [-0.2, 0) is 33.4 Å². The average Bonchev–Trinajstić information content (AvgIpc) is 3.94. The molecular weight excluding hydrogens is 1090 g/mol. The highest BCUT2D eigenvalue weighted by Crippen LogP contribution is 2.33. The number of ketones is 2. The number of ether oxygens (including phenoxy) is 3. The van der Waals surface area contributed by atoms with E-state index in [2.05, 4.69) is 67.9 Å². The molecule has 3 N–H and O–H groups in total. The lowest BCUT2D eigenvalue weighted by Gasteiger charge is -2.36. The van der Waals surface area contributed by atoms with Gasteiger partial charge in [-0.15, -0.1) is 0 Å². The summed E-state index contributed by atoms with van der Waals surface area (Å²) in [6.45, 7) is 10.6. The Labute approximate surface area is 426 Å². The Morgan fingerprint density at radius 1 is 0.623 bits per heavy atom. The summed E-state index contributed by atoms with van der Waals surface area (Å²) in [4.78, 5) is 100. The van der Waals surface area contributed by atoms with Gasteiger partial charge >= 0.3 is 24.1 Å². The first-order valence-corrected chi connectivity index (χ1v) is 25.0. The van der Waals surface area contributed by atoms with Crippen LogP contribution < -0.4 is 10.6 Å². The van der Waals surface area contributed by atoms with Crippen molar-refractivity contribution in [3.05, 3.63) is 92.9 Å². The minimum Gasteiger partial charge on any atom is -0.480 e. The summed E-state index contributed by atoms with van der Waals surface area (Å²) in [5.74, 6) is -3.04. The number of esters is 1. The number of nitrogens with one attached hydrogen (secondary N) is 2. The molecule has 4 aromatic rings. The van der Waals surface area contributed by atoms with E-state index in [0.29, 0.717) is 49.7 Å². The van der Waals surface area contributed by atoms with Crippen LogP contribution in [0.1, 0.15) is 87.9 Å². The molecule has 2 fully saturated rings. The predicted molar refractivity (Wildman–Crippen MR) is 271 cm³/mol. The number of amides is 4. The summed E-state index contributed by atoms with van der Waals surface area (Å²) >= 11 is 10.0. The summed E-state index contributed by atoms with van der Waals surface area (Å²) in [6, 6.07) is 21.2. The maximum absolute atomic E-state index is 13.2. The lowest BCUT2D eigenvalue weighted by molar-refractivity contribution is -0.160. The molecule has 2 saturated heterocycles. The molecule has 0 aromatic heterocycles. The average molecular weight is 1150 g/mol. The molecule has 2 heterocycles. The van der Waals surface area contributed by atoms with Crippen molar-refractivity contribution in [2.24, 2.45) is 11.8 Å². The van der Waals surface area contributed by atoms with Crippen molar-refractivity contribution in [2.45, 2.75) is 90.4 Å². The molecule has 6 rings (SSSR count). The minimum absolute atomic E-state index is 0.111. The second-order valence-electron chi connectivity index (χ2n) is 17.7. The van der Waals surface area contributed by atoms with Gasteiger partial charge in [0.2, 0.25) is 11.8 Å². The number of rotatable bonds is 13. The van der Waals surface area contributed by atoms with Gasteiger partial charge in [0.15, 0.2) is 18.2 Å². The van der Waals surface area contributed by atoms with Crippen LogP contribution in [0.5, 0.6) is 0 Å². The number of methoxy groups -OCH3 is 2. The summed E-state index contributed by atoms with van der Waals surface area (Å²) in [5, 5.41) is 18.8. The monoisotopic (exact) mass is 1140 g/mol. The molecule has 0 spiro atoms. The normalized spacial score (nSPS) is 18.3. The number of fused-ring (bicyclic) bond motifs is 2. The quantitative estimate of drug-likeness (QED) is 0.0495. The number of aliphatic carboxylic acids is 1. The van der Waals surface area contributed by atoms with Gasteiger partial charge in [0.05, 0.1) is 19.5 Å². The molecule has 4 amide bonds. The SMILES string of the molecule is COC(=O)N[C@H](C(=O)N1CCC[C@@]1(C)C(=O)O)C(C)C.COC(=O)N[C@H](C(=O)N1CCC[C@@]1(C)C(=O)OCC(=O)c1ccc2cc(Br)ccc2c1)C(C)C.O=C(CBr)c1ccc2cc(Br)ccc2c1. The fraction of sp³-hybridized carbons (Fsp3) is 0.440. The Balaban J connectivity index is 0.000000250. The number of alkyl halides is 1. The van der Waals surface area contributed by atoms with Gasteiger partial charge in [-0.05, 0) is 109 Å². The van der Waals surface area contributed by atoms with Crippen LogP contribution in [-0.4, -0.2) is 125 Å². The van der Waals surface area contributed by atoms with E-state index in [1.807, 2.05) is 60.7 Å².